The zero-order chi connectivity index (χ0) is 12.5. The topological polar surface area (TPSA) is 76.9 Å². The van der Waals surface area contributed by atoms with E-state index in [2.05, 4.69) is 16.0 Å². The van der Waals surface area contributed by atoms with Gasteiger partial charge in [0.05, 0.1) is 11.6 Å². The summed E-state index contributed by atoms with van der Waals surface area (Å²) in [5.41, 5.74) is 1.25. The van der Waals surface area contributed by atoms with Crippen molar-refractivity contribution < 1.29 is 4.79 Å². The standard InChI is InChI=1S/C12H16N4O/c1-14-7-2-8-15-12(17)16-11-5-3-10(9-13)4-6-11/h3-6,14H,2,7-8H2,1H3,(H2,15,16,17). The minimum Gasteiger partial charge on any atom is -0.338 e. The number of benzene rings is 1. The van der Waals surface area contributed by atoms with Gasteiger partial charge in [0, 0.05) is 12.2 Å². The number of amides is 2. The van der Waals surface area contributed by atoms with E-state index >= 15 is 0 Å². The lowest BCUT2D eigenvalue weighted by Crippen LogP contribution is -2.30. The molecule has 0 heterocycles. The Balaban J connectivity index is 2.32. The van der Waals surface area contributed by atoms with E-state index in [0.29, 0.717) is 17.8 Å². The molecule has 0 spiro atoms. The van der Waals surface area contributed by atoms with Gasteiger partial charge < -0.3 is 16.0 Å². The number of carbonyl (C=O) groups is 1. The summed E-state index contributed by atoms with van der Waals surface area (Å²) in [5.74, 6) is 0. The molecule has 5 nitrogen and oxygen atoms in total. The lowest BCUT2D eigenvalue weighted by Gasteiger charge is -2.07. The average Bonchev–Trinajstić information content (AvgIpc) is 2.36. The molecule has 0 unspecified atom stereocenters. The Labute approximate surface area is 101 Å². The van der Waals surface area contributed by atoms with Crippen molar-refractivity contribution in [3.8, 4) is 6.07 Å². The Hall–Kier alpha value is -2.06. The van der Waals surface area contributed by atoms with Crippen LogP contribution in [0.1, 0.15) is 12.0 Å². The third kappa shape index (κ3) is 5.00. The molecule has 1 aromatic rings. The highest BCUT2D eigenvalue weighted by atomic mass is 16.2. The van der Waals surface area contributed by atoms with Crippen LogP contribution in [-0.4, -0.2) is 26.2 Å². The van der Waals surface area contributed by atoms with E-state index in [-0.39, 0.29) is 6.03 Å². The summed E-state index contributed by atoms with van der Waals surface area (Å²) in [5, 5.41) is 17.1. The molecular formula is C12H16N4O. The van der Waals surface area contributed by atoms with Crippen LogP contribution in [0, 0.1) is 11.3 Å². The first-order chi connectivity index (χ1) is 8.26. The molecule has 0 aliphatic carbocycles. The molecule has 0 saturated heterocycles. The predicted molar refractivity (Wildman–Crippen MR) is 66.7 cm³/mol. The van der Waals surface area contributed by atoms with Crippen molar-refractivity contribution in [2.45, 2.75) is 6.42 Å². The fourth-order valence-electron chi connectivity index (χ4n) is 1.27. The molecule has 0 aromatic heterocycles. The lowest BCUT2D eigenvalue weighted by molar-refractivity contribution is 0.252. The monoisotopic (exact) mass is 232 g/mol. The van der Waals surface area contributed by atoms with Gasteiger partial charge in [-0.1, -0.05) is 0 Å². The van der Waals surface area contributed by atoms with E-state index in [9.17, 15) is 4.79 Å². The number of nitrogens with one attached hydrogen (secondary N) is 3. The molecule has 1 rings (SSSR count). The van der Waals surface area contributed by atoms with E-state index in [4.69, 9.17) is 5.26 Å². The van der Waals surface area contributed by atoms with Crippen LogP contribution in [0.3, 0.4) is 0 Å². The van der Waals surface area contributed by atoms with Gasteiger partial charge in [0.1, 0.15) is 0 Å². The second-order valence-electron chi connectivity index (χ2n) is 3.53. The van der Waals surface area contributed by atoms with Gasteiger partial charge in [-0.05, 0) is 44.3 Å². The average molecular weight is 232 g/mol. The minimum atomic E-state index is -0.231. The second kappa shape index (κ2) is 7.25. The van der Waals surface area contributed by atoms with Crippen LogP contribution >= 0.6 is 0 Å². The van der Waals surface area contributed by atoms with Gasteiger partial charge in [0.25, 0.3) is 0 Å². The van der Waals surface area contributed by atoms with Gasteiger partial charge in [-0.3, -0.25) is 0 Å². The van der Waals surface area contributed by atoms with Crippen molar-refractivity contribution >= 4 is 11.7 Å². The summed E-state index contributed by atoms with van der Waals surface area (Å²) in [6.07, 6.45) is 0.886. The largest absolute Gasteiger partial charge is 0.338 e. The fraction of sp³-hybridized carbons (Fsp3) is 0.333. The van der Waals surface area contributed by atoms with E-state index < -0.39 is 0 Å². The summed E-state index contributed by atoms with van der Waals surface area (Å²) >= 11 is 0. The number of hydrogen-bond donors (Lipinski definition) is 3. The van der Waals surface area contributed by atoms with Crippen molar-refractivity contribution in [3.63, 3.8) is 0 Å². The molecule has 17 heavy (non-hydrogen) atoms. The van der Waals surface area contributed by atoms with Crippen LogP contribution in [-0.2, 0) is 0 Å². The molecule has 0 saturated carbocycles. The Kier molecular flexibility index (Phi) is 5.55. The van der Waals surface area contributed by atoms with Gasteiger partial charge in [0.15, 0.2) is 0 Å². The summed E-state index contributed by atoms with van der Waals surface area (Å²) in [7, 11) is 1.87. The van der Waals surface area contributed by atoms with E-state index in [1.165, 1.54) is 0 Å². The lowest BCUT2D eigenvalue weighted by atomic mass is 10.2. The molecule has 2 amide bonds. The molecule has 0 atom stereocenters. The summed E-state index contributed by atoms with van der Waals surface area (Å²) in [4.78, 5) is 11.4. The molecule has 0 aliphatic rings. The maximum absolute atomic E-state index is 11.4. The van der Waals surface area contributed by atoms with Crippen LogP contribution in [0.15, 0.2) is 24.3 Å². The number of hydrogen-bond acceptors (Lipinski definition) is 3. The summed E-state index contributed by atoms with van der Waals surface area (Å²) < 4.78 is 0. The van der Waals surface area contributed by atoms with Crippen LogP contribution in [0.2, 0.25) is 0 Å². The molecule has 1 aromatic carbocycles. The van der Waals surface area contributed by atoms with Crippen LogP contribution in [0.5, 0.6) is 0 Å². The SMILES string of the molecule is CNCCCNC(=O)Nc1ccc(C#N)cc1. The van der Waals surface area contributed by atoms with E-state index in [0.717, 1.165) is 13.0 Å². The molecule has 0 fully saturated rings. The normalized spacial score (nSPS) is 9.41. The molecule has 3 N–H and O–H groups in total. The third-order valence-corrected chi connectivity index (χ3v) is 2.16. The molecule has 0 radical (unpaired) electrons. The summed E-state index contributed by atoms with van der Waals surface area (Å²) in [6, 6.07) is 8.52. The molecule has 0 bridgehead atoms. The highest BCUT2D eigenvalue weighted by Gasteiger charge is 2.00. The molecular weight excluding hydrogens is 216 g/mol. The third-order valence-electron chi connectivity index (χ3n) is 2.16. The number of carbonyl (C=O) groups excluding carboxylic acids is 1. The summed E-state index contributed by atoms with van der Waals surface area (Å²) in [6.45, 7) is 1.50. The number of nitrogens with zero attached hydrogens (tertiary/aromatic N) is 1. The van der Waals surface area contributed by atoms with Crippen LogP contribution in [0.4, 0.5) is 10.5 Å². The van der Waals surface area contributed by atoms with Crippen molar-refractivity contribution in [2.75, 3.05) is 25.5 Å². The van der Waals surface area contributed by atoms with Gasteiger partial charge in [-0.15, -0.1) is 0 Å². The number of rotatable bonds is 5. The van der Waals surface area contributed by atoms with Crippen molar-refractivity contribution in [1.29, 1.82) is 5.26 Å². The second-order valence-corrected chi connectivity index (χ2v) is 3.53. The Morgan fingerprint density at radius 3 is 2.59 bits per heavy atom. The Bertz CT molecular complexity index is 394. The highest BCUT2D eigenvalue weighted by Crippen LogP contribution is 2.08. The van der Waals surface area contributed by atoms with Gasteiger partial charge >= 0.3 is 6.03 Å². The van der Waals surface area contributed by atoms with E-state index in [1.54, 1.807) is 24.3 Å². The van der Waals surface area contributed by atoms with Crippen LogP contribution < -0.4 is 16.0 Å². The van der Waals surface area contributed by atoms with Gasteiger partial charge in [-0.2, -0.15) is 5.26 Å². The predicted octanol–water partition coefficient (Wildman–Crippen LogP) is 1.29. The van der Waals surface area contributed by atoms with Crippen molar-refractivity contribution in [3.05, 3.63) is 29.8 Å². The first-order valence-electron chi connectivity index (χ1n) is 5.46. The number of anilines is 1. The Morgan fingerprint density at radius 2 is 2.00 bits per heavy atom. The number of urea groups is 1. The van der Waals surface area contributed by atoms with E-state index in [1.807, 2.05) is 13.1 Å². The minimum absolute atomic E-state index is 0.231. The first kappa shape index (κ1) is 13.0. The number of nitriles is 1. The van der Waals surface area contributed by atoms with Crippen LogP contribution in [0.25, 0.3) is 0 Å². The zero-order valence-electron chi connectivity index (χ0n) is 9.79. The van der Waals surface area contributed by atoms with Crippen molar-refractivity contribution in [1.82, 2.24) is 10.6 Å². The zero-order valence-corrected chi connectivity index (χ0v) is 9.79. The molecule has 90 valence electrons. The van der Waals surface area contributed by atoms with Crippen molar-refractivity contribution in [2.24, 2.45) is 0 Å². The Morgan fingerprint density at radius 1 is 1.29 bits per heavy atom. The molecule has 5 heteroatoms. The smallest absolute Gasteiger partial charge is 0.319 e. The van der Waals surface area contributed by atoms with Gasteiger partial charge in [-0.25, -0.2) is 4.79 Å². The highest BCUT2D eigenvalue weighted by molar-refractivity contribution is 5.89. The maximum atomic E-state index is 11.4. The molecule has 0 aliphatic heterocycles. The van der Waals surface area contributed by atoms with Gasteiger partial charge in [0.2, 0.25) is 0 Å². The fourth-order valence-corrected chi connectivity index (χ4v) is 1.27. The maximum Gasteiger partial charge on any atom is 0.319 e. The quantitative estimate of drug-likeness (QED) is 0.669. The first-order valence-corrected chi connectivity index (χ1v) is 5.46.